The summed E-state index contributed by atoms with van der Waals surface area (Å²) in [4.78, 5) is 4.98. The van der Waals surface area contributed by atoms with E-state index in [1.165, 1.54) is 25.1 Å². The quantitative estimate of drug-likeness (QED) is 0.868. The first-order chi connectivity index (χ1) is 10.1. The van der Waals surface area contributed by atoms with E-state index in [0.29, 0.717) is 18.0 Å². The van der Waals surface area contributed by atoms with Gasteiger partial charge in [-0.1, -0.05) is 44.2 Å². The summed E-state index contributed by atoms with van der Waals surface area (Å²) in [6.07, 6.45) is 1.25. The van der Waals surface area contributed by atoms with Gasteiger partial charge in [-0.3, -0.25) is 4.90 Å². The summed E-state index contributed by atoms with van der Waals surface area (Å²) in [6, 6.07) is 12.0. The molecule has 1 fully saturated rings. The van der Waals surface area contributed by atoms with Gasteiger partial charge in [0.05, 0.1) is 0 Å². The molecule has 1 aliphatic heterocycles. The second-order valence-electron chi connectivity index (χ2n) is 6.83. The van der Waals surface area contributed by atoms with Crippen molar-refractivity contribution in [2.45, 2.75) is 32.4 Å². The Balaban J connectivity index is 1.98. The van der Waals surface area contributed by atoms with Crippen LogP contribution in [0.5, 0.6) is 0 Å². The smallest absolute Gasteiger partial charge is 0.0449 e. The van der Waals surface area contributed by atoms with Crippen LogP contribution in [0.15, 0.2) is 30.3 Å². The Bertz CT molecular complexity index is 402. The van der Waals surface area contributed by atoms with E-state index in [2.05, 4.69) is 73.4 Å². The number of nitrogens with one attached hydrogen (secondary N) is 1. The van der Waals surface area contributed by atoms with Crippen LogP contribution >= 0.6 is 0 Å². The van der Waals surface area contributed by atoms with Gasteiger partial charge in [0, 0.05) is 25.2 Å². The van der Waals surface area contributed by atoms with Gasteiger partial charge in [0.2, 0.25) is 0 Å². The lowest BCUT2D eigenvalue weighted by Crippen LogP contribution is -2.55. The number of hydrogen-bond acceptors (Lipinski definition) is 3. The number of rotatable bonds is 6. The van der Waals surface area contributed by atoms with Crippen molar-refractivity contribution >= 4 is 0 Å². The van der Waals surface area contributed by atoms with Gasteiger partial charge in [0.25, 0.3) is 0 Å². The van der Waals surface area contributed by atoms with Crippen molar-refractivity contribution in [1.82, 2.24) is 15.1 Å². The van der Waals surface area contributed by atoms with Crippen molar-refractivity contribution in [3.05, 3.63) is 35.9 Å². The molecule has 3 heteroatoms. The molecule has 2 atom stereocenters. The highest BCUT2D eigenvalue weighted by atomic mass is 15.2. The monoisotopic (exact) mass is 289 g/mol. The molecular formula is C18H31N3. The zero-order valence-corrected chi connectivity index (χ0v) is 14.0. The lowest BCUT2D eigenvalue weighted by molar-refractivity contribution is 0.0947. The molecule has 1 heterocycles. The Kier molecular flexibility index (Phi) is 6.22. The zero-order valence-electron chi connectivity index (χ0n) is 14.0. The molecule has 1 aliphatic rings. The van der Waals surface area contributed by atoms with Crippen LogP contribution in [0, 0.1) is 5.92 Å². The van der Waals surface area contributed by atoms with Crippen LogP contribution in [0.25, 0.3) is 0 Å². The molecule has 0 amide bonds. The fraction of sp³-hybridized carbons (Fsp3) is 0.667. The summed E-state index contributed by atoms with van der Waals surface area (Å²) >= 11 is 0. The molecular weight excluding hydrogens is 258 g/mol. The van der Waals surface area contributed by atoms with E-state index >= 15 is 0 Å². The maximum Gasteiger partial charge on any atom is 0.0449 e. The van der Waals surface area contributed by atoms with Gasteiger partial charge < -0.3 is 10.2 Å². The van der Waals surface area contributed by atoms with E-state index in [0.717, 1.165) is 13.1 Å². The van der Waals surface area contributed by atoms with Crippen molar-refractivity contribution in [1.29, 1.82) is 0 Å². The van der Waals surface area contributed by atoms with Gasteiger partial charge in [0.15, 0.2) is 0 Å². The van der Waals surface area contributed by atoms with Crippen molar-refractivity contribution in [2.24, 2.45) is 5.92 Å². The number of benzene rings is 1. The van der Waals surface area contributed by atoms with Crippen LogP contribution in [0.1, 0.15) is 31.9 Å². The summed E-state index contributed by atoms with van der Waals surface area (Å²) in [5.74, 6) is 0.702. The molecule has 0 spiro atoms. The number of piperazine rings is 1. The molecule has 1 N–H and O–H groups in total. The van der Waals surface area contributed by atoms with Crippen LogP contribution in [0.2, 0.25) is 0 Å². The third kappa shape index (κ3) is 4.80. The predicted molar refractivity (Wildman–Crippen MR) is 90.6 cm³/mol. The topological polar surface area (TPSA) is 18.5 Å². The molecule has 21 heavy (non-hydrogen) atoms. The summed E-state index contributed by atoms with van der Waals surface area (Å²) in [5.41, 5.74) is 1.41. The van der Waals surface area contributed by atoms with Gasteiger partial charge in [0.1, 0.15) is 0 Å². The van der Waals surface area contributed by atoms with Crippen LogP contribution in [-0.2, 0) is 0 Å². The Morgan fingerprint density at radius 2 is 1.95 bits per heavy atom. The van der Waals surface area contributed by atoms with Crippen LogP contribution < -0.4 is 5.32 Å². The van der Waals surface area contributed by atoms with E-state index in [4.69, 9.17) is 0 Å². The minimum Gasteiger partial charge on any atom is -0.309 e. The highest BCUT2D eigenvalue weighted by Gasteiger charge is 2.29. The Morgan fingerprint density at radius 1 is 1.24 bits per heavy atom. The first-order valence-corrected chi connectivity index (χ1v) is 8.25. The fourth-order valence-electron chi connectivity index (χ4n) is 3.24. The molecule has 0 saturated carbocycles. The van der Waals surface area contributed by atoms with Crippen LogP contribution in [0.4, 0.5) is 0 Å². The zero-order chi connectivity index (χ0) is 15.2. The third-order valence-electron chi connectivity index (χ3n) is 4.48. The minimum absolute atomic E-state index is 0.473. The van der Waals surface area contributed by atoms with E-state index in [9.17, 15) is 0 Å². The molecule has 118 valence electrons. The van der Waals surface area contributed by atoms with Gasteiger partial charge >= 0.3 is 0 Å². The Labute approximate surface area is 130 Å². The molecule has 1 aromatic rings. The van der Waals surface area contributed by atoms with Gasteiger partial charge in [-0.2, -0.15) is 0 Å². The molecule has 0 bridgehead atoms. The van der Waals surface area contributed by atoms with Crippen molar-refractivity contribution in [3.8, 4) is 0 Å². The average molecular weight is 289 g/mol. The maximum atomic E-state index is 3.74. The first-order valence-electron chi connectivity index (χ1n) is 8.25. The third-order valence-corrected chi connectivity index (χ3v) is 4.48. The number of hydrogen-bond donors (Lipinski definition) is 1. The molecule has 0 aliphatic carbocycles. The van der Waals surface area contributed by atoms with E-state index < -0.39 is 0 Å². The summed E-state index contributed by atoms with van der Waals surface area (Å²) in [5, 5.41) is 3.74. The Morgan fingerprint density at radius 3 is 2.57 bits per heavy atom. The SMILES string of the molecule is CC(C)C1CNC(c2ccccc2)CN1CCCN(C)C. The average Bonchev–Trinajstić information content (AvgIpc) is 2.47. The summed E-state index contributed by atoms with van der Waals surface area (Å²) in [6.45, 7) is 9.28. The second-order valence-corrected chi connectivity index (χ2v) is 6.83. The van der Waals surface area contributed by atoms with Crippen molar-refractivity contribution in [3.63, 3.8) is 0 Å². The largest absolute Gasteiger partial charge is 0.309 e. The molecule has 0 radical (unpaired) electrons. The van der Waals surface area contributed by atoms with Crippen LogP contribution in [-0.4, -0.2) is 56.1 Å². The van der Waals surface area contributed by atoms with E-state index in [1.807, 2.05) is 0 Å². The molecule has 1 aromatic carbocycles. The van der Waals surface area contributed by atoms with Gasteiger partial charge in [-0.15, -0.1) is 0 Å². The molecule has 3 nitrogen and oxygen atoms in total. The molecule has 0 aromatic heterocycles. The molecule has 2 rings (SSSR count). The van der Waals surface area contributed by atoms with Crippen LogP contribution in [0.3, 0.4) is 0 Å². The lowest BCUT2D eigenvalue weighted by atomic mass is 9.95. The standard InChI is InChI=1S/C18H31N3/c1-15(2)18-13-19-17(16-9-6-5-7-10-16)14-21(18)12-8-11-20(3)4/h5-7,9-10,15,17-19H,8,11-14H2,1-4H3. The summed E-state index contributed by atoms with van der Waals surface area (Å²) < 4.78 is 0. The van der Waals surface area contributed by atoms with E-state index in [-0.39, 0.29) is 0 Å². The lowest BCUT2D eigenvalue weighted by Gasteiger charge is -2.42. The van der Waals surface area contributed by atoms with Gasteiger partial charge in [-0.25, -0.2) is 0 Å². The van der Waals surface area contributed by atoms with Gasteiger partial charge in [-0.05, 0) is 45.1 Å². The van der Waals surface area contributed by atoms with E-state index in [1.54, 1.807) is 0 Å². The maximum absolute atomic E-state index is 3.74. The summed E-state index contributed by atoms with van der Waals surface area (Å²) in [7, 11) is 4.31. The molecule has 2 unspecified atom stereocenters. The normalized spacial score (nSPS) is 23.9. The first kappa shape index (κ1) is 16.5. The second kappa shape index (κ2) is 7.92. The van der Waals surface area contributed by atoms with Crippen molar-refractivity contribution < 1.29 is 0 Å². The minimum atomic E-state index is 0.473. The fourth-order valence-corrected chi connectivity index (χ4v) is 3.24. The molecule has 1 saturated heterocycles. The number of nitrogens with zero attached hydrogens (tertiary/aromatic N) is 2. The predicted octanol–water partition coefficient (Wildman–Crippen LogP) is 2.61. The highest BCUT2D eigenvalue weighted by Crippen LogP contribution is 2.23. The van der Waals surface area contributed by atoms with Crippen molar-refractivity contribution in [2.75, 3.05) is 40.3 Å². The Hall–Kier alpha value is -0.900. The highest BCUT2D eigenvalue weighted by molar-refractivity contribution is 5.20.